The lowest BCUT2D eigenvalue weighted by molar-refractivity contribution is -0.138. The third kappa shape index (κ3) is 4.00. The Hall–Kier alpha value is -3.74. The molecule has 4 aromatic rings. The standard InChI is InChI=1S/C23H16F3N3O/c24-23(25,26)19-9-5-4-8-16(19)13-28-22(30)17-12-21(15-6-2-1-3-7-15)29-20-10-11-27-14-18(17)20/h1-12,14H,13H2,(H,28,30). The monoisotopic (exact) mass is 407 g/mol. The van der Waals surface area contributed by atoms with E-state index in [1.807, 2.05) is 30.3 Å². The Balaban J connectivity index is 1.69. The van der Waals surface area contributed by atoms with Crippen molar-refractivity contribution >= 4 is 16.8 Å². The maximum atomic E-state index is 13.2. The van der Waals surface area contributed by atoms with Crippen molar-refractivity contribution in [2.45, 2.75) is 12.7 Å². The summed E-state index contributed by atoms with van der Waals surface area (Å²) in [5.41, 5.74) is 1.53. The van der Waals surface area contributed by atoms with Gasteiger partial charge in [0.25, 0.3) is 5.91 Å². The van der Waals surface area contributed by atoms with E-state index in [-0.39, 0.29) is 12.1 Å². The molecule has 0 atom stereocenters. The molecular weight excluding hydrogens is 391 g/mol. The van der Waals surface area contributed by atoms with Gasteiger partial charge in [0.1, 0.15) is 0 Å². The van der Waals surface area contributed by atoms with E-state index in [0.717, 1.165) is 11.6 Å². The molecule has 7 heteroatoms. The van der Waals surface area contributed by atoms with Crippen molar-refractivity contribution in [3.8, 4) is 11.3 Å². The molecular formula is C23H16F3N3O. The number of carbonyl (C=O) groups excluding carboxylic acids is 1. The van der Waals surface area contributed by atoms with Gasteiger partial charge in [-0.15, -0.1) is 0 Å². The van der Waals surface area contributed by atoms with Crippen LogP contribution in [0.3, 0.4) is 0 Å². The molecule has 0 aliphatic rings. The maximum Gasteiger partial charge on any atom is 0.416 e. The predicted octanol–water partition coefficient (Wildman–Crippen LogP) is 5.25. The normalized spacial score (nSPS) is 11.4. The second kappa shape index (κ2) is 7.94. The fourth-order valence-corrected chi connectivity index (χ4v) is 3.24. The third-order valence-corrected chi connectivity index (χ3v) is 4.69. The molecule has 1 amide bonds. The molecule has 0 saturated carbocycles. The minimum absolute atomic E-state index is 0.00174. The molecule has 0 fully saturated rings. The number of rotatable bonds is 4. The van der Waals surface area contributed by atoms with Crippen LogP contribution in [0, 0.1) is 0 Å². The van der Waals surface area contributed by atoms with Crippen molar-refractivity contribution in [2.75, 3.05) is 0 Å². The highest BCUT2D eigenvalue weighted by molar-refractivity contribution is 6.06. The van der Waals surface area contributed by atoms with E-state index in [1.54, 1.807) is 18.3 Å². The van der Waals surface area contributed by atoms with Crippen LogP contribution in [0.2, 0.25) is 0 Å². The Kier molecular flexibility index (Phi) is 5.18. The Morgan fingerprint density at radius 2 is 1.70 bits per heavy atom. The minimum Gasteiger partial charge on any atom is -0.348 e. The van der Waals surface area contributed by atoms with Crippen molar-refractivity contribution < 1.29 is 18.0 Å². The SMILES string of the molecule is O=C(NCc1ccccc1C(F)(F)F)c1cc(-c2ccccc2)nc2ccncc12. The summed E-state index contributed by atoms with van der Waals surface area (Å²) >= 11 is 0. The highest BCUT2D eigenvalue weighted by atomic mass is 19.4. The van der Waals surface area contributed by atoms with Crippen LogP contribution in [0.1, 0.15) is 21.5 Å². The number of hydrogen-bond donors (Lipinski definition) is 1. The smallest absolute Gasteiger partial charge is 0.348 e. The summed E-state index contributed by atoms with van der Waals surface area (Å²) in [6.45, 7) is -0.251. The summed E-state index contributed by atoms with van der Waals surface area (Å²) in [6.07, 6.45) is -1.39. The zero-order chi connectivity index (χ0) is 21.1. The molecule has 0 spiro atoms. The number of nitrogens with one attached hydrogen (secondary N) is 1. The number of alkyl halides is 3. The molecule has 4 rings (SSSR count). The highest BCUT2D eigenvalue weighted by Gasteiger charge is 2.32. The Morgan fingerprint density at radius 3 is 2.47 bits per heavy atom. The van der Waals surface area contributed by atoms with E-state index in [1.165, 1.54) is 24.4 Å². The average Bonchev–Trinajstić information content (AvgIpc) is 2.77. The lowest BCUT2D eigenvalue weighted by Gasteiger charge is -2.14. The van der Waals surface area contributed by atoms with Gasteiger partial charge in [0.2, 0.25) is 0 Å². The number of pyridine rings is 2. The fourth-order valence-electron chi connectivity index (χ4n) is 3.24. The minimum atomic E-state index is -4.49. The van der Waals surface area contributed by atoms with Crippen molar-refractivity contribution in [3.63, 3.8) is 0 Å². The summed E-state index contributed by atoms with van der Waals surface area (Å²) in [4.78, 5) is 21.6. The van der Waals surface area contributed by atoms with Crippen molar-refractivity contribution in [2.24, 2.45) is 0 Å². The van der Waals surface area contributed by atoms with Crippen LogP contribution in [-0.2, 0) is 12.7 Å². The number of fused-ring (bicyclic) bond motifs is 1. The van der Waals surface area contributed by atoms with E-state index in [2.05, 4.69) is 15.3 Å². The number of halogens is 3. The number of hydrogen-bond acceptors (Lipinski definition) is 3. The van der Waals surface area contributed by atoms with E-state index in [0.29, 0.717) is 22.2 Å². The van der Waals surface area contributed by atoms with Crippen molar-refractivity contribution in [1.29, 1.82) is 0 Å². The van der Waals surface area contributed by atoms with Crippen LogP contribution in [0.4, 0.5) is 13.2 Å². The number of carbonyl (C=O) groups is 1. The van der Waals surface area contributed by atoms with E-state index >= 15 is 0 Å². The first-order valence-electron chi connectivity index (χ1n) is 9.17. The van der Waals surface area contributed by atoms with E-state index in [9.17, 15) is 18.0 Å². The van der Waals surface area contributed by atoms with Crippen LogP contribution in [-0.4, -0.2) is 15.9 Å². The van der Waals surface area contributed by atoms with Crippen molar-refractivity contribution in [3.05, 3.63) is 95.8 Å². The summed E-state index contributed by atoms with van der Waals surface area (Å²) in [7, 11) is 0. The second-order valence-electron chi connectivity index (χ2n) is 6.65. The summed E-state index contributed by atoms with van der Waals surface area (Å²) in [5, 5.41) is 3.13. The van der Waals surface area contributed by atoms with Gasteiger partial charge in [-0.25, -0.2) is 4.98 Å². The van der Waals surface area contributed by atoms with Crippen LogP contribution in [0.25, 0.3) is 22.2 Å². The third-order valence-electron chi connectivity index (χ3n) is 4.69. The first-order chi connectivity index (χ1) is 14.4. The zero-order valence-corrected chi connectivity index (χ0v) is 15.6. The van der Waals surface area contributed by atoms with Gasteiger partial charge in [-0.2, -0.15) is 13.2 Å². The van der Waals surface area contributed by atoms with E-state index < -0.39 is 17.6 Å². The molecule has 0 aliphatic heterocycles. The van der Waals surface area contributed by atoms with Gasteiger partial charge in [-0.3, -0.25) is 9.78 Å². The molecule has 0 radical (unpaired) electrons. The lowest BCUT2D eigenvalue weighted by Crippen LogP contribution is -2.25. The Labute approximate surface area is 170 Å². The van der Waals surface area contributed by atoms with Gasteiger partial charge < -0.3 is 5.32 Å². The van der Waals surface area contributed by atoms with Crippen LogP contribution in [0.5, 0.6) is 0 Å². The largest absolute Gasteiger partial charge is 0.416 e. The zero-order valence-electron chi connectivity index (χ0n) is 15.6. The quantitative estimate of drug-likeness (QED) is 0.503. The van der Waals surface area contributed by atoms with E-state index in [4.69, 9.17) is 0 Å². The molecule has 2 heterocycles. The second-order valence-corrected chi connectivity index (χ2v) is 6.65. The number of amides is 1. The van der Waals surface area contributed by atoms with Gasteiger partial charge in [0, 0.05) is 29.9 Å². The van der Waals surface area contributed by atoms with Crippen LogP contribution < -0.4 is 5.32 Å². The highest BCUT2D eigenvalue weighted by Crippen LogP contribution is 2.32. The van der Waals surface area contributed by atoms with Crippen LogP contribution in [0.15, 0.2) is 79.1 Å². The van der Waals surface area contributed by atoms with Gasteiger partial charge in [-0.05, 0) is 23.8 Å². The van der Waals surface area contributed by atoms with Gasteiger partial charge in [-0.1, -0.05) is 48.5 Å². The molecule has 0 saturated heterocycles. The van der Waals surface area contributed by atoms with Gasteiger partial charge in [0.05, 0.1) is 22.3 Å². The van der Waals surface area contributed by atoms with Gasteiger partial charge in [0.15, 0.2) is 0 Å². The summed E-state index contributed by atoms with van der Waals surface area (Å²) < 4.78 is 39.6. The molecule has 30 heavy (non-hydrogen) atoms. The molecule has 4 nitrogen and oxygen atoms in total. The fraction of sp³-hybridized carbons (Fsp3) is 0.0870. The summed E-state index contributed by atoms with van der Waals surface area (Å²) in [5.74, 6) is -0.496. The van der Waals surface area contributed by atoms with Crippen molar-refractivity contribution in [1.82, 2.24) is 15.3 Å². The lowest BCUT2D eigenvalue weighted by atomic mass is 10.0. The molecule has 0 unspecified atom stereocenters. The Bertz CT molecular complexity index is 1210. The molecule has 0 aliphatic carbocycles. The van der Waals surface area contributed by atoms with Crippen LogP contribution >= 0.6 is 0 Å². The number of nitrogens with zero attached hydrogens (tertiary/aromatic N) is 2. The molecule has 0 bridgehead atoms. The average molecular weight is 407 g/mol. The topological polar surface area (TPSA) is 54.9 Å². The first-order valence-corrected chi connectivity index (χ1v) is 9.17. The number of benzene rings is 2. The summed E-state index contributed by atoms with van der Waals surface area (Å²) in [6, 6.07) is 17.8. The maximum absolute atomic E-state index is 13.2. The Morgan fingerprint density at radius 1 is 0.967 bits per heavy atom. The predicted molar refractivity (Wildman–Crippen MR) is 108 cm³/mol. The number of aromatic nitrogens is 2. The molecule has 2 aromatic carbocycles. The molecule has 1 N–H and O–H groups in total. The molecule has 2 aromatic heterocycles. The molecule has 150 valence electrons. The first kappa shape index (κ1) is 19.6. The van der Waals surface area contributed by atoms with Gasteiger partial charge >= 0.3 is 6.18 Å².